The van der Waals surface area contributed by atoms with Crippen LogP contribution in [-0.2, 0) is 6.54 Å². The van der Waals surface area contributed by atoms with Crippen LogP contribution in [0, 0.1) is 17.2 Å². The van der Waals surface area contributed by atoms with Gasteiger partial charge < -0.3 is 10.6 Å². The van der Waals surface area contributed by atoms with E-state index in [9.17, 15) is 0 Å². The Hall–Kier alpha value is -1.84. The number of pyridine rings is 1. The van der Waals surface area contributed by atoms with Crippen molar-refractivity contribution >= 4 is 28.3 Å². The summed E-state index contributed by atoms with van der Waals surface area (Å²) in [7, 11) is 0. The zero-order valence-corrected chi connectivity index (χ0v) is 12.3. The van der Waals surface area contributed by atoms with Gasteiger partial charge in [0.2, 0.25) is 0 Å². The quantitative estimate of drug-likeness (QED) is 0.941. The lowest BCUT2D eigenvalue weighted by Crippen LogP contribution is -2.20. The number of piperidine rings is 1. The summed E-state index contributed by atoms with van der Waals surface area (Å²) in [5.41, 5.74) is 1.57. The lowest BCUT2D eigenvalue weighted by molar-refractivity contribution is 0.469. The molecule has 2 aromatic rings. The van der Waals surface area contributed by atoms with E-state index in [-0.39, 0.29) is 6.54 Å². The van der Waals surface area contributed by atoms with Crippen molar-refractivity contribution in [2.24, 2.45) is 5.92 Å². The predicted octanol–water partition coefficient (Wildman–Crippen LogP) is 2.80. The smallest absolute Gasteiger partial charge is 0.162 e. The minimum absolute atomic E-state index is 0.143. The van der Waals surface area contributed by atoms with Crippen LogP contribution < -0.4 is 5.32 Å². The van der Waals surface area contributed by atoms with Gasteiger partial charge in [-0.2, -0.15) is 10.4 Å². The molecule has 110 valence electrons. The maximum atomic E-state index is 8.83. The molecule has 0 unspecified atom stereocenters. The van der Waals surface area contributed by atoms with Crippen LogP contribution in [0.1, 0.15) is 12.8 Å². The second-order valence-corrected chi connectivity index (χ2v) is 5.52. The summed E-state index contributed by atoms with van der Waals surface area (Å²) < 4.78 is 1.53. The summed E-state index contributed by atoms with van der Waals surface area (Å²) in [5.74, 6) is 0.638. The first-order chi connectivity index (χ1) is 10.3. The van der Waals surface area contributed by atoms with Gasteiger partial charge in [0, 0.05) is 18.4 Å². The molecule has 0 amide bonds. The summed E-state index contributed by atoms with van der Waals surface area (Å²) in [4.78, 5) is 4.29. The topological polar surface area (TPSA) is 80.6 Å². The lowest BCUT2D eigenvalue weighted by atomic mass is 9.98. The molecule has 0 radical (unpaired) electrons. The Morgan fingerprint density at radius 2 is 2.29 bits per heavy atom. The van der Waals surface area contributed by atoms with Crippen LogP contribution in [-0.4, -0.2) is 34.4 Å². The molecule has 0 atom stereocenters. The second-order valence-electron chi connectivity index (χ2n) is 5.16. The molecule has 0 bridgehead atoms. The molecule has 1 aliphatic heterocycles. The van der Waals surface area contributed by atoms with Crippen molar-refractivity contribution in [3.8, 4) is 6.07 Å². The number of hydrogen-bond donors (Lipinski definition) is 1. The van der Waals surface area contributed by atoms with Crippen LogP contribution in [0.4, 0.5) is 5.69 Å². The number of rotatable bonds is 4. The standard InChI is InChI=1S/C14H16ClN6/c15-13-12-11(19-9-10-1-5-17-6-2-10)3-7-18-14(12)21(20-13)8-4-16/h3,7,10H,1-2,5-6,8-9H2,(H,18,19)/q-1. The largest absolute Gasteiger partial charge is 0.662 e. The van der Waals surface area contributed by atoms with Crippen molar-refractivity contribution in [1.82, 2.24) is 14.8 Å². The van der Waals surface area contributed by atoms with Crippen LogP contribution in [0.5, 0.6) is 0 Å². The molecular weight excluding hydrogens is 288 g/mol. The van der Waals surface area contributed by atoms with Gasteiger partial charge in [0.05, 0.1) is 11.5 Å². The molecule has 21 heavy (non-hydrogen) atoms. The van der Waals surface area contributed by atoms with Crippen molar-refractivity contribution in [2.45, 2.75) is 19.4 Å². The fraction of sp³-hybridized carbons (Fsp3) is 0.500. The van der Waals surface area contributed by atoms with Crippen molar-refractivity contribution < 1.29 is 0 Å². The molecule has 3 rings (SSSR count). The second kappa shape index (κ2) is 6.29. The van der Waals surface area contributed by atoms with Crippen LogP contribution in [0.2, 0.25) is 5.15 Å². The molecule has 0 saturated carbocycles. The Morgan fingerprint density at radius 1 is 1.48 bits per heavy atom. The summed E-state index contributed by atoms with van der Waals surface area (Å²) in [6, 6.07) is 3.97. The highest BCUT2D eigenvalue weighted by molar-refractivity contribution is 6.35. The molecular formula is C14H16ClN6-. The van der Waals surface area contributed by atoms with Gasteiger partial charge >= 0.3 is 0 Å². The number of anilines is 1. The van der Waals surface area contributed by atoms with E-state index < -0.39 is 0 Å². The van der Waals surface area contributed by atoms with Crippen LogP contribution >= 0.6 is 11.6 Å². The number of aromatic nitrogens is 3. The maximum Gasteiger partial charge on any atom is 0.162 e. The highest BCUT2D eigenvalue weighted by Gasteiger charge is 2.15. The normalized spacial score (nSPS) is 16.0. The molecule has 1 aliphatic rings. The Labute approximate surface area is 128 Å². The van der Waals surface area contributed by atoms with Gasteiger partial charge in [-0.3, -0.25) is 0 Å². The molecule has 3 heterocycles. The molecule has 2 aromatic heterocycles. The summed E-state index contributed by atoms with van der Waals surface area (Å²) in [5, 5.41) is 22.0. The first kappa shape index (κ1) is 14.1. The number of nitrogens with zero attached hydrogens (tertiary/aromatic N) is 5. The lowest BCUT2D eigenvalue weighted by Gasteiger charge is -2.32. The number of hydrogen-bond acceptors (Lipinski definition) is 4. The van der Waals surface area contributed by atoms with E-state index in [2.05, 4.69) is 26.8 Å². The van der Waals surface area contributed by atoms with Gasteiger partial charge in [0.25, 0.3) is 0 Å². The van der Waals surface area contributed by atoms with Gasteiger partial charge in [0.1, 0.15) is 6.54 Å². The first-order valence-corrected chi connectivity index (χ1v) is 7.42. The number of fused-ring (bicyclic) bond motifs is 1. The van der Waals surface area contributed by atoms with E-state index in [1.807, 2.05) is 6.07 Å². The van der Waals surface area contributed by atoms with E-state index in [0.29, 0.717) is 16.7 Å². The molecule has 0 aliphatic carbocycles. The molecule has 1 N–H and O–H groups in total. The number of halogens is 1. The van der Waals surface area contributed by atoms with Crippen molar-refractivity contribution in [3.63, 3.8) is 0 Å². The zero-order valence-electron chi connectivity index (χ0n) is 11.6. The monoisotopic (exact) mass is 303 g/mol. The third-order valence-corrected chi connectivity index (χ3v) is 4.05. The van der Waals surface area contributed by atoms with E-state index in [1.165, 1.54) is 4.68 Å². The van der Waals surface area contributed by atoms with Gasteiger partial charge in [-0.25, -0.2) is 9.67 Å². The minimum atomic E-state index is 0.143. The molecule has 6 nitrogen and oxygen atoms in total. The fourth-order valence-corrected chi connectivity index (χ4v) is 2.92. The van der Waals surface area contributed by atoms with Gasteiger partial charge in [-0.15, -0.1) is 13.1 Å². The minimum Gasteiger partial charge on any atom is -0.662 e. The maximum absolute atomic E-state index is 8.83. The van der Waals surface area contributed by atoms with Gasteiger partial charge in [-0.1, -0.05) is 24.4 Å². The summed E-state index contributed by atoms with van der Waals surface area (Å²) >= 11 is 6.20. The Bertz CT molecular complexity index is 668. The van der Waals surface area contributed by atoms with E-state index >= 15 is 0 Å². The van der Waals surface area contributed by atoms with Gasteiger partial charge in [-0.05, 0) is 12.0 Å². The van der Waals surface area contributed by atoms with Crippen molar-refractivity contribution in [1.29, 1.82) is 5.26 Å². The van der Waals surface area contributed by atoms with E-state index in [1.54, 1.807) is 6.20 Å². The Morgan fingerprint density at radius 3 is 3.05 bits per heavy atom. The molecule has 0 spiro atoms. The zero-order chi connectivity index (χ0) is 14.7. The van der Waals surface area contributed by atoms with E-state index in [4.69, 9.17) is 16.9 Å². The summed E-state index contributed by atoms with van der Waals surface area (Å²) in [6.45, 7) is 2.95. The van der Waals surface area contributed by atoms with E-state index in [0.717, 1.165) is 43.5 Å². The third-order valence-electron chi connectivity index (χ3n) is 3.78. The van der Waals surface area contributed by atoms with Crippen LogP contribution in [0.15, 0.2) is 12.3 Å². The molecule has 1 saturated heterocycles. The van der Waals surface area contributed by atoms with Crippen molar-refractivity contribution in [3.05, 3.63) is 22.7 Å². The van der Waals surface area contributed by atoms with Gasteiger partial charge in [0.15, 0.2) is 10.8 Å². The molecule has 0 aromatic carbocycles. The highest BCUT2D eigenvalue weighted by atomic mass is 35.5. The Balaban J connectivity index is 1.83. The molecule has 1 fully saturated rings. The number of nitriles is 1. The SMILES string of the molecule is N#CCn1nc(Cl)c2c(NCC3CC[N-]CC3)ccnc21. The van der Waals surface area contributed by atoms with Crippen molar-refractivity contribution in [2.75, 3.05) is 25.0 Å². The third kappa shape index (κ3) is 2.94. The fourth-order valence-electron chi connectivity index (χ4n) is 2.64. The van der Waals surface area contributed by atoms with Crippen LogP contribution in [0.25, 0.3) is 16.4 Å². The Kier molecular flexibility index (Phi) is 4.23. The first-order valence-electron chi connectivity index (χ1n) is 7.04. The highest BCUT2D eigenvalue weighted by Crippen LogP contribution is 2.29. The number of nitrogens with one attached hydrogen (secondary N) is 1. The summed E-state index contributed by atoms with van der Waals surface area (Å²) in [6.07, 6.45) is 3.97. The molecule has 7 heteroatoms. The average molecular weight is 304 g/mol. The average Bonchev–Trinajstić information content (AvgIpc) is 2.84. The van der Waals surface area contributed by atoms with Crippen LogP contribution in [0.3, 0.4) is 0 Å². The predicted molar refractivity (Wildman–Crippen MR) is 82.5 cm³/mol.